The van der Waals surface area contributed by atoms with Crippen molar-refractivity contribution >= 4 is 16.8 Å². The van der Waals surface area contributed by atoms with E-state index in [1.807, 2.05) is 0 Å². The number of carbonyl (C=O) groups is 1. The molecule has 0 radical (unpaired) electrons. The summed E-state index contributed by atoms with van der Waals surface area (Å²) in [5.41, 5.74) is 7.69. The lowest BCUT2D eigenvalue weighted by atomic mass is 10.0. The fraction of sp³-hybridized carbons (Fsp3) is 0.286. The summed E-state index contributed by atoms with van der Waals surface area (Å²) in [6.07, 6.45) is -4.49. The number of methoxy groups -OCH3 is 1. The molecule has 7 nitrogen and oxygen atoms in total. The second kappa shape index (κ2) is 11.3. The van der Waals surface area contributed by atoms with Gasteiger partial charge in [0, 0.05) is 18.0 Å². The maximum Gasteiger partial charge on any atom is 0.471 e. The van der Waals surface area contributed by atoms with E-state index in [0.717, 1.165) is 0 Å². The van der Waals surface area contributed by atoms with Crippen LogP contribution in [0.1, 0.15) is 25.5 Å². The van der Waals surface area contributed by atoms with Crippen LogP contribution in [0.3, 0.4) is 0 Å². The number of halogens is 4. The van der Waals surface area contributed by atoms with E-state index in [4.69, 9.17) is 15.2 Å². The van der Waals surface area contributed by atoms with E-state index in [9.17, 15) is 22.4 Å². The Labute approximate surface area is 222 Å². The predicted octanol–water partition coefficient (Wildman–Crippen LogP) is 5.42. The summed E-state index contributed by atoms with van der Waals surface area (Å²) >= 11 is 0. The molecule has 0 aliphatic heterocycles. The van der Waals surface area contributed by atoms with Gasteiger partial charge in [-0.3, -0.25) is 4.79 Å². The van der Waals surface area contributed by atoms with Crippen LogP contribution in [0.5, 0.6) is 11.5 Å². The van der Waals surface area contributed by atoms with Crippen LogP contribution in [0, 0.1) is 5.82 Å². The quantitative estimate of drug-likeness (QED) is 0.285. The lowest BCUT2D eigenvalue weighted by Crippen LogP contribution is -2.52. The number of amides is 1. The van der Waals surface area contributed by atoms with Gasteiger partial charge in [-0.15, -0.1) is 0 Å². The van der Waals surface area contributed by atoms with E-state index in [1.165, 1.54) is 33.1 Å². The molecule has 0 saturated carbocycles. The van der Waals surface area contributed by atoms with Gasteiger partial charge in [-0.2, -0.15) is 18.3 Å². The SMILES string of the molecule is COc1cccc([C@H](Oc2ccc3c(cnn3-c3ccc(F)cc3)c2)[C@H](C)N(C[C@@H](C)N)C(=O)C(F)(F)F)c1. The van der Waals surface area contributed by atoms with Crippen LogP contribution in [-0.2, 0) is 4.79 Å². The molecule has 0 spiro atoms. The molecule has 0 unspecified atom stereocenters. The summed E-state index contributed by atoms with van der Waals surface area (Å²) in [5, 5.41) is 5.06. The Bertz CT molecular complexity index is 1440. The zero-order valence-electron chi connectivity index (χ0n) is 21.5. The van der Waals surface area contributed by atoms with Crippen molar-refractivity contribution in [1.29, 1.82) is 0 Å². The molecule has 0 saturated heterocycles. The molecular formula is C28H28F4N4O3. The maximum atomic E-state index is 13.5. The van der Waals surface area contributed by atoms with E-state index in [0.29, 0.717) is 38.6 Å². The molecule has 0 fully saturated rings. The van der Waals surface area contributed by atoms with Gasteiger partial charge in [-0.05, 0) is 74.0 Å². The summed E-state index contributed by atoms with van der Waals surface area (Å²) in [7, 11) is 1.47. The van der Waals surface area contributed by atoms with E-state index < -0.39 is 30.3 Å². The van der Waals surface area contributed by atoms with E-state index in [1.54, 1.807) is 65.5 Å². The maximum absolute atomic E-state index is 13.5. The second-order valence-corrected chi connectivity index (χ2v) is 9.24. The second-order valence-electron chi connectivity index (χ2n) is 9.24. The van der Waals surface area contributed by atoms with Gasteiger partial charge in [0.2, 0.25) is 0 Å². The molecule has 2 N–H and O–H groups in total. The van der Waals surface area contributed by atoms with Crippen LogP contribution in [0.2, 0.25) is 0 Å². The highest BCUT2D eigenvalue weighted by Crippen LogP contribution is 2.33. The molecular weight excluding hydrogens is 516 g/mol. The number of hydrogen-bond donors (Lipinski definition) is 1. The van der Waals surface area contributed by atoms with Gasteiger partial charge in [0.25, 0.3) is 0 Å². The Morgan fingerprint density at radius 2 is 1.77 bits per heavy atom. The topological polar surface area (TPSA) is 82.6 Å². The number of ether oxygens (including phenoxy) is 2. The van der Waals surface area contributed by atoms with Crippen molar-refractivity contribution < 1.29 is 31.8 Å². The molecule has 39 heavy (non-hydrogen) atoms. The summed E-state index contributed by atoms with van der Waals surface area (Å²) in [4.78, 5) is 13.1. The molecule has 4 rings (SSSR count). The number of rotatable bonds is 9. The normalized spacial score (nSPS) is 14.1. The highest BCUT2D eigenvalue weighted by molar-refractivity contribution is 5.83. The first kappa shape index (κ1) is 27.9. The zero-order chi connectivity index (χ0) is 28.3. The van der Waals surface area contributed by atoms with Gasteiger partial charge in [-0.25, -0.2) is 9.07 Å². The van der Waals surface area contributed by atoms with Crippen molar-refractivity contribution in [3.8, 4) is 17.2 Å². The molecule has 0 bridgehead atoms. The number of hydrogen-bond acceptors (Lipinski definition) is 5. The van der Waals surface area contributed by atoms with Crippen molar-refractivity contribution in [2.45, 2.75) is 38.2 Å². The Balaban J connectivity index is 1.72. The van der Waals surface area contributed by atoms with Crippen molar-refractivity contribution in [1.82, 2.24) is 14.7 Å². The highest BCUT2D eigenvalue weighted by Gasteiger charge is 2.46. The average molecular weight is 545 g/mol. The zero-order valence-corrected chi connectivity index (χ0v) is 21.5. The Hall–Kier alpha value is -4.12. The molecule has 11 heteroatoms. The minimum Gasteiger partial charge on any atom is -0.497 e. The average Bonchev–Trinajstić information content (AvgIpc) is 3.32. The first-order valence-corrected chi connectivity index (χ1v) is 12.2. The van der Waals surface area contributed by atoms with Gasteiger partial charge >= 0.3 is 12.1 Å². The number of nitrogens with two attached hydrogens (primary N) is 1. The Morgan fingerprint density at radius 3 is 2.41 bits per heavy atom. The van der Waals surface area contributed by atoms with Crippen LogP contribution in [0.4, 0.5) is 17.6 Å². The molecule has 3 aromatic carbocycles. The highest BCUT2D eigenvalue weighted by atomic mass is 19.4. The van der Waals surface area contributed by atoms with Gasteiger partial charge in [-0.1, -0.05) is 12.1 Å². The number of carbonyl (C=O) groups excluding carboxylic acids is 1. The molecule has 1 heterocycles. The number of nitrogens with zero attached hydrogens (tertiary/aromatic N) is 3. The molecule has 206 valence electrons. The Morgan fingerprint density at radius 1 is 1.05 bits per heavy atom. The van der Waals surface area contributed by atoms with E-state index in [2.05, 4.69) is 5.10 Å². The smallest absolute Gasteiger partial charge is 0.471 e. The third-order valence-corrected chi connectivity index (χ3v) is 6.21. The molecule has 0 aliphatic rings. The van der Waals surface area contributed by atoms with Crippen LogP contribution in [0.15, 0.2) is 72.9 Å². The van der Waals surface area contributed by atoms with Crippen LogP contribution in [0.25, 0.3) is 16.6 Å². The number of fused-ring (bicyclic) bond motifs is 1. The summed E-state index contributed by atoms with van der Waals surface area (Å²) in [6, 6.07) is 15.9. The standard InChI is InChI=1S/C28H28F4N4O3/c1-17(33)16-35(27(37)28(30,31)32)18(2)26(19-5-4-6-23(13-19)38-3)39-24-11-12-25-20(14-24)15-34-36(25)22-9-7-21(29)8-10-22/h4-15,17-18,26H,16,33H2,1-3H3/t17-,18+,26-/m1/s1. The fourth-order valence-electron chi connectivity index (χ4n) is 4.35. The van der Waals surface area contributed by atoms with Crippen molar-refractivity contribution in [3.05, 3.63) is 84.3 Å². The van der Waals surface area contributed by atoms with Gasteiger partial charge in [0.05, 0.1) is 30.6 Å². The van der Waals surface area contributed by atoms with Gasteiger partial charge < -0.3 is 20.1 Å². The molecule has 4 aromatic rings. The van der Waals surface area contributed by atoms with Crippen LogP contribution < -0.4 is 15.2 Å². The largest absolute Gasteiger partial charge is 0.497 e. The summed E-state index contributed by atoms with van der Waals surface area (Å²) < 4.78 is 67.2. The monoisotopic (exact) mass is 544 g/mol. The Kier molecular flexibility index (Phi) is 8.10. The number of alkyl halides is 3. The molecule has 1 aromatic heterocycles. The lowest BCUT2D eigenvalue weighted by Gasteiger charge is -2.36. The molecule has 0 aliphatic carbocycles. The lowest BCUT2D eigenvalue weighted by molar-refractivity contribution is -0.189. The minimum absolute atomic E-state index is 0.327. The van der Waals surface area contributed by atoms with Gasteiger partial charge in [0.1, 0.15) is 23.4 Å². The predicted molar refractivity (Wildman–Crippen MR) is 138 cm³/mol. The molecule has 3 atom stereocenters. The van der Waals surface area contributed by atoms with E-state index >= 15 is 0 Å². The van der Waals surface area contributed by atoms with Crippen molar-refractivity contribution in [3.63, 3.8) is 0 Å². The minimum atomic E-state index is -5.09. The van der Waals surface area contributed by atoms with Crippen molar-refractivity contribution in [2.75, 3.05) is 13.7 Å². The van der Waals surface area contributed by atoms with Crippen LogP contribution >= 0.6 is 0 Å². The fourth-order valence-corrected chi connectivity index (χ4v) is 4.35. The number of aromatic nitrogens is 2. The molecule has 1 amide bonds. The summed E-state index contributed by atoms with van der Waals surface area (Å²) in [5.74, 6) is -1.54. The van der Waals surface area contributed by atoms with E-state index in [-0.39, 0.29) is 12.4 Å². The third kappa shape index (κ3) is 6.31. The summed E-state index contributed by atoms with van der Waals surface area (Å²) in [6.45, 7) is 2.69. The third-order valence-electron chi connectivity index (χ3n) is 6.21. The first-order chi connectivity index (χ1) is 18.5. The van der Waals surface area contributed by atoms with Gasteiger partial charge in [0.15, 0.2) is 0 Å². The first-order valence-electron chi connectivity index (χ1n) is 12.2. The number of benzene rings is 3. The van der Waals surface area contributed by atoms with Crippen LogP contribution in [-0.4, -0.2) is 52.5 Å². The van der Waals surface area contributed by atoms with Crippen molar-refractivity contribution in [2.24, 2.45) is 5.73 Å².